The Morgan fingerprint density at radius 3 is 2.94 bits per heavy atom. The number of hydrogen-bond acceptors (Lipinski definition) is 4. The van der Waals surface area contributed by atoms with Crippen LogP contribution >= 0.6 is 11.3 Å². The van der Waals surface area contributed by atoms with Crippen molar-refractivity contribution < 1.29 is 0 Å². The summed E-state index contributed by atoms with van der Waals surface area (Å²) in [4.78, 5) is 17.0. The molecule has 5 nitrogen and oxygen atoms in total. The van der Waals surface area contributed by atoms with Crippen molar-refractivity contribution in [3.05, 3.63) is 34.0 Å². The first-order valence-corrected chi connectivity index (χ1v) is 6.42. The van der Waals surface area contributed by atoms with Crippen molar-refractivity contribution in [2.75, 3.05) is 11.9 Å². The summed E-state index contributed by atoms with van der Waals surface area (Å²) in [6.45, 7) is 3.63. The minimum absolute atomic E-state index is 0.00136. The minimum Gasteiger partial charge on any atom is -0.362 e. The molecule has 0 saturated carbocycles. The molecule has 0 bridgehead atoms. The van der Waals surface area contributed by atoms with Crippen LogP contribution in [0.15, 0.2) is 23.4 Å². The van der Waals surface area contributed by atoms with Crippen LogP contribution in [-0.2, 0) is 13.6 Å². The number of nitrogens with one attached hydrogen (secondary N) is 1. The van der Waals surface area contributed by atoms with Crippen LogP contribution in [0.4, 0.5) is 5.13 Å². The minimum atomic E-state index is 0.00136. The molecule has 1 N–H and O–H groups in total. The lowest BCUT2D eigenvalue weighted by Gasteiger charge is -1.98. The molecular weight excluding hydrogens is 236 g/mol. The highest BCUT2D eigenvalue weighted by atomic mass is 32.1. The van der Waals surface area contributed by atoms with Crippen molar-refractivity contribution in [3.8, 4) is 0 Å². The Bertz CT molecular complexity index is 540. The average molecular weight is 252 g/mol. The SMILES string of the molecule is CCCNc1ncc(Cn2ccn(C)c2=O)s1. The predicted octanol–water partition coefficient (Wildman–Crippen LogP) is 1.51. The van der Waals surface area contributed by atoms with E-state index in [1.165, 1.54) is 0 Å². The summed E-state index contributed by atoms with van der Waals surface area (Å²) >= 11 is 1.59. The fourth-order valence-corrected chi connectivity index (χ4v) is 2.33. The molecule has 0 aliphatic heterocycles. The van der Waals surface area contributed by atoms with Crippen molar-refractivity contribution in [2.45, 2.75) is 19.9 Å². The van der Waals surface area contributed by atoms with Crippen molar-refractivity contribution >= 4 is 16.5 Å². The van der Waals surface area contributed by atoms with Crippen LogP contribution < -0.4 is 11.0 Å². The second-order valence-electron chi connectivity index (χ2n) is 3.88. The van der Waals surface area contributed by atoms with Crippen LogP contribution in [0, 0.1) is 0 Å². The zero-order valence-electron chi connectivity index (χ0n) is 10.0. The Kier molecular flexibility index (Phi) is 3.63. The fraction of sp³-hybridized carbons (Fsp3) is 0.455. The van der Waals surface area contributed by atoms with E-state index >= 15 is 0 Å². The lowest BCUT2D eigenvalue weighted by Crippen LogP contribution is -2.21. The van der Waals surface area contributed by atoms with Crippen LogP contribution in [-0.4, -0.2) is 20.7 Å². The normalized spacial score (nSPS) is 10.7. The van der Waals surface area contributed by atoms with Gasteiger partial charge in [0, 0.05) is 37.1 Å². The molecule has 0 fully saturated rings. The molecule has 0 radical (unpaired) electrons. The van der Waals surface area contributed by atoms with Crippen LogP contribution in [0.1, 0.15) is 18.2 Å². The predicted molar refractivity (Wildman–Crippen MR) is 69.7 cm³/mol. The number of thiazole rings is 1. The number of rotatable bonds is 5. The molecule has 0 aliphatic carbocycles. The fourth-order valence-electron chi connectivity index (χ4n) is 1.49. The van der Waals surface area contributed by atoms with Crippen molar-refractivity contribution in [1.29, 1.82) is 0 Å². The van der Waals surface area contributed by atoms with Crippen LogP contribution in [0.2, 0.25) is 0 Å². The summed E-state index contributed by atoms with van der Waals surface area (Å²) in [5, 5.41) is 4.16. The van der Waals surface area contributed by atoms with Gasteiger partial charge in [0.1, 0.15) is 0 Å². The maximum absolute atomic E-state index is 11.6. The number of hydrogen-bond donors (Lipinski definition) is 1. The Balaban J connectivity index is 2.06. The molecule has 0 saturated heterocycles. The smallest absolute Gasteiger partial charge is 0.328 e. The number of aryl methyl sites for hydroxylation is 1. The van der Waals surface area contributed by atoms with Gasteiger partial charge in [-0.1, -0.05) is 6.92 Å². The molecule has 17 heavy (non-hydrogen) atoms. The average Bonchev–Trinajstić information content (AvgIpc) is 2.89. The lowest BCUT2D eigenvalue weighted by molar-refractivity contribution is 0.723. The molecule has 0 unspecified atom stereocenters. The Morgan fingerprint density at radius 1 is 1.47 bits per heavy atom. The third kappa shape index (κ3) is 2.76. The van der Waals surface area contributed by atoms with Gasteiger partial charge in [-0.25, -0.2) is 9.78 Å². The Hall–Kier alpha value is -1.56. The second-order valence-corrected chi connectivity index (χ2v) is 4.99. The van der Waals surface area contributed by atoms with Gasteiger partial charge in [-0.3, -0.25) is 4.57 Å². The van der Waals surface area contributed by atoms with Gasteiger partial charge in [0.2, 0.25) is 0 Å². The molecule has 2 aromatic rings. The van der Waals surface area contributed by atoms with E-state index in [0.29, 0.717) is 6.54 Å². The van der Waals surface area contributed by atoms with Gasteiger partial charge < -0.3 is 9.88 Å². The maximum atomic E-state index is 11.6. The van der Waals surface area contributed by atoms with E-state index in [1.54, 1.807) is 39.9 Å². The second kappa shape index (κ2) is 5.18. The van der Waals surface area contributed by atoms with E-state index in [0.717, 1.165) is 23.0 Å². The summed E-state index contributed by atoms with van der Waals surface area (Å²) in [6.07, 6.45) is 6.45. The third-order valence-corrected chi connectivity index (χ3v) is 3.36. The standard InChI is InChI=1S/C11H16N4OS/c1-3-4-12-10-13-7-9(17-10)8-15-6-5-14(2)11(15)16/h5-7H,3-4,8H2,1-2H3,(H,12,13). The summed E-state index contributed by atoms with van der Waals surface area (Å²) < 4.78 is 3.24. The van der Waals surface area contributed by atoms with Gasteiger partial charge in [0.05, 0.1) is 6.54 Å². The lowest BCUT2D eigenvalue weighted by atomic mass is 10.5. The summed E-state index contributed by atoms with van der Waals surface area (Å²) in [5.74, 6) is 0. The van der Waals surface area contributed by atoms with Crippen molar-refractivity contribution in [3.63, 3.8) is 0 Å². The van der Waals surface area contributed by atoms with Crippen LogP contribution in [0.25, 0.3) is 0 Å². The van der Waals surface area contributed by atoms with E-state index < -0.39 is 0 Å². The Morgan fingerprint density at radius 2 is 2.29 bits per heavy atom. The first-order chi connectivity index (χ1) is 8.20. The monoisotopic (exact) mass is 252 g/mol. The zero-order chi connectivity index (χ0) is 12.3. The van der Waals surface area contributed by atoms with Crippen molar-refractivity contribution in [2.24, 2.45) is 7.05 Å². The highest BCUT2D eigenvalue weighted by Gasteiger charge is 2.04. The molecule has 2 rings (SSSR count). The highest BCUT2D eigenvalue weighted by Crippen LogP contribution is 2.18. The molecule has 0 aliphatic rings. The van der Waals surface area contributed by atoms with Gasteiger partial charge >= 0.3 is 5.69 Å². The van der Waals surface area contributed by atoms with Crippen molar-refractivity contribution in [1.82, 2.24) is 14.1 Å². The molecule has 2 heterocycles. The molecular formula is C11H16N4OS. The topological polar surface area (TPSA) is 51.9 Å². The number of nitrogens with zero attached hydrogens (tertiary/aromatic N) is 3. The summed E-state index contributed by atoms with van der Waals surface area (Å²) in [7, 11) is 1.75. The largest absolute Gasteiger partial charge is 0.362 e. The molecule has 0 amide bonds. The van der Waals surface area contributed by atoms with Gasteiger partial charge in [0.15, 0.2) is 5.13 Å². The van der Waals surface area contributed by atoms with E-state index in [4.69, 9.17) is 0 Å². The summed E-state index contributed by atoms with van der Waals surface area (Å²) in [5.41, 5.74) is 0.00136. The van der Waals surface area contributed by atoms with Gasteiger partial charge in [0.25, 0.3) is 0 Å². The molecule has 0 spiro atoms. The van der Waals surface area contributed by atoms with Crippen LogP contribution in [0.3, 0.4) is 0 Å². The third-order valence-electron chi connectivity index (χ3n) is 2.42. The van der Waals surface area contributed by atoms with Gasteiger partial charge in [-0.15, -0.1) is 11.3 Å². The number of imidazole rings is 1. The van der Waals surface area contributed by atoms with Gasteiger partial charge in [-0.05, 0) is 6.42 Å². The first kappa shape index (κ1) is 11.9. The van der Waals surface area contributed by atoms with E-state index in [9.17, 15) is 4.79 Å². The zero-order valence-corrected chi connectivity index (χ0v) is 10.8. The van der Waals surface area contributed by atoms with Gasteiger partial charge in [-0.2, -0.15) is 0 Å². The molecule has 92 valence electrons. The molecule has 2 aromatic heterocycles. The maximum Gasteiger partial charge on any atom is 0.328 e. The first-order valence-electron chi connectivity index (χ1n) is 5.61. The Labute approximate surface area is 104 Å². The van der Waals surface area contributed by atoms with E-state index in [1.807, 2.05) is 6.20 Å². The van der Waals surface area contributed by atoms with Crippen LogP contribution in [0.5, 0.6) is 0 Å². The summed E-state index contributed by atoms with van der Waals surface area (Å²) in [6, 6.07) is 0. The molecule has 0 aromatic carbocycles. The highest BCUT2D eigenvalue weighted by molar-refractivity contribution is 7.15. The molecule has 0 atom stereocenters. The van der Waals surface area contributed by atoms with E-state index in [2.05, 4.69) is 17.2 Å². The number of anilines is 1. The molecule has 6 heteroatoms. The van der Waals surface area contributed by atoms with E-state index in [-0.39, 0.29) is 5.69 Å². The number of aromatic nitrogens is 3. The quantitative estimate of drug-likeness (QED) is 0.877.